The molecule has 6 rings (SSSR count). The number of rotatable bonds is 3. The third kappa shape index (κ3) is 2.35. The van der Waals surface area contributed by atoms with E-state index >= 15 is 0 Å². The average molecular weight is 338 g/mol. The van der Waals surface area contributed by atoms with Crippen molar-refractivity contribution < 1.29 is 0 Å². The summed E-state index contributed by atoms with van der Waals surface area (Å²) in [6.07, 6.45) is 15.2. The highest BCUT2D eigenvalue weighted by Gasteiger charge is 2.37. The molecule has 2 saturated carbocycles. The van der Waals surface area contributed by atoms with Crippen molar-refractivity contribution in [2.45, 2.75) is 37.5 Å². The van der Waals surface area contributed by atoms with Gasteiger partial charge >= 0.3 is 0 Å². The van der Waals surface area contributed by atoms with Crippen LogP contribution >= 0.6 is 0 Å². The summed E-state index contributed by atoms with van der Waals surface area (Å²) >= 11 is 0. The first-order valence-electron chi connectivity index (χ1n) is 10.4. The van der Waals surface area contributed by atoms with Gasteiger partial charge < -0.3 is 0 Å². The molecule has 6 unspecified atom stereocenters. The highest BCUT2D eigenvalue weighted by Crippen LogP contribution is 2.50. The first kappa shape index (κ1) is 15.0. The monoisotopic (exact) mass is 338 g/mol. The van der Waals surface area contributed by atoms with Gasteiger partial charge in [0.25, 0.3) is 0 Å². The lowest BCUT2D eigenvalue weighted by atomic mass is 9.85. The maximum absolute atomic E-state index is 2.45. The summed E-state index contributed by atoms with van der Waals surface area (Å²) in [7, 11) is 0. The fourth-order valence-corrected chi connectivity index (χ4v) is 6.17. The molecule has 6 atom stereocenters. The largest absolute Gasteiger partial charge is 0.0851 e. The van der Waals surface area contributed by atoms with Crippen LogP contribution in [0.25, 0.3) is 11.1 Å². The fraction of sp³-hybridized carbons (Fsp3) is 0.385. The van der Waals surface area contributed by atoms with E-state index in [1.54, 1.807) is 0 Å². The molecule has 2 aromatic rings. The summed E-state index contributed by atoms with van der Waals surface area (Å²) < 4.78 is 0. The zero-order chi connectivity index (χ0) is 17.1. The van der Waals surface area contributed by atoms with E-state index in [2.05, 4.69) is 72.8 Å². The van der Waals surface area contributed by atoms with Crippen LogP contribution in [0, 0.1) is 23.7 Å². The van der Waals surface area contributed by atoms with E-state index in [1.165, 1.54) is 47.9 Å². The molecule has 4 bridgehead atoms. The standard InChI is InChI=1S/C26H26/c1-3-23-13-17(1)15-25(23)21-9-5-19(6-10-21)20-7-11-22(12-8-20)26-16-18-2-4-24(26)14-18/h1-12,17-18,23-26H,13-16H2. The molecule has 130 valence electrons. The molecule has 0 N–H and O–H groups in total. The minimum atomic E-state index is 0.757. The van der Waals surface area contributed by atoms with E-state index in [-0.39, 0.29) is 0 Å². The van der Waals surface area contributed by atoms with Gasteiger partial charge in [0.05, 0.1) is 0 Å². The molecule has 0 amide bonds. The van der Waals surface area contributed by atoms with E-state index < -0.39 is 0 Å². The molecule has 0 heterocycles. The van der Waals surface area contributed by atoms with Crippen LogP contribution < -0.4 is 0 Å². The van der Waals surface area contributed by atoms with E-state index in [0.717, 1.165) is 35.5 Å². The molecule has 0 aromatic heterocycles. The summed E-state index contributed by atoms with van der Waals surface area (Å²) in [6, 6.07) is 18.8. The van der Waals surface area contributed by atoms with E-state index in [9.17, 15) is 0 Å². The quantitative estimate of drug-likeness (QED) is 0.545. The Bertz CT molecular complexity index is 792. The van der Waals surface area contributed by atoms with E-state index in [1.807, 2.05) is 0 Å². The van der Waals surface area contributed by atoms with Crippen LogP contribution in [0.1, 0.15) is 48.6 Å². The first-order valence-corrected chi connectivity index (χ1v) is 10.4. The summed E-state index contributed by atoms with van der Waals surface area (Å²) in [6.45, 7) is 0. The molecule has 0 saturated heterocycles. The van der Waals surface area contributed by atoms with Crippen LogP contribution in [0.15, 0.2) is 72.8 Å². The maximum Gasteiger partial charge on any atom is -0.00932 e. The second-order valence-corrected chi connectivity index (χ2v) is 9.02. The molecule has 4 aliphatic carbocycles. The Morgan fingerprint density at radius 3 is 1.19 bits per heavy atom. The van der Waals surface area contributed by atoms with Gasteiger partial charge in [0.15, 0.2) is 0 Å². The van der Waals surface area contributed by atoms with E-state index in [0.29, 0.717) is 0 Å². The van der Waals surface area contributed by atoms with Gasteiger partial charge in [0, 0.05) is 0 Å². The predicted octanol–water partition coefficient (Wildman–Crippen LogP) is 6.71. The van der Waals surface area contributed by atoms with Gasteiger partial charge in [-0.1, -0.05) is 72.8 Å². The Balaban J connectivity index is 1.21. The van der Waals surface area contributed by atoms with Gasteiger partial charge in [0.2, 0.25) is 0 Å². The number of hydrogen-bond donors (Lipinski definition) is 0. The maximum atomic E-state index is 2.45. The van der Waals surface area contributed by atoms with Crippen molar-refractivity contribution in [3.05, 3.63) is 84.0 Å². The number of benzene rings is 2. The fourth-order valence-electron chi connectivity index (χ4n) is 6.17. The molecule has 4 aliphatic rings. The average Bonchev–Trinajstić information content (AvgIpc) is 3.49. The summed E-state index contributed by atoms with van der Waals surface area (Å²) in [5.74, 6) is 4.79. The van der Waals surface area contributed by atoms with Crippen LogP contribution in [-0.2, 0) is 0 Å². The van der Waals surface area contributed by atoms with Gasteiger partial charge in [-0.2, -0.15) is 0 Å². The van der Waals surface area contributed by atoms with Gasteiger partial charge in [-0.05, 0) is 83.4 Å². The van der Waals surface area contributed by atoms with Gasteiger partial charge in [-0.15, -0.1) is 0 Å². The molecule has 26 heavy (non-hydrogen) atoms. The molecule has 0 spiro atoms. The number of allylic oxidation sites excluding steroid dienone is 4. The summed E-state index contributed by atoms with van der Waals surface area (Å²) in [4.78, 5) is 0. The Morgan fingerprint density at radius 2 is 0.885 bits per heavy atom. The highest BCUT2D eigenvalue weighted by atomic mass is 14.4. The minimum Gasteiger partial charge on any atom is -0.0851 e. The second-order valence-electron chi connectivity index (χ2n) is 9.02. The number of fused-ring (bicyclic) bond motifs is 4. The lowest BCUT2D eigenvalue weighted by Crippen LogP contribution is -2.05. The molecule has 0 aliphatic heterocycles. The van der Waals surface area contributed by atoms with Gasteiger partial charge in [-0.3, -0.25) is 0 Å². The predicted molar refractivity (Wildman–Crippen MR) is 108 cm³/mol. The van der Waals surface area contributed by atoms with Crippen LogP contribution in [0.5, 0.6) is 0 Å². The van der Waals surface area contributed by atoms with Crippen molar-refractivity contribution in [3.63, 3.8) is 0 Å². The van der Waals surface area contributed by atoms with Crippen LogP contribution in [0.2, 0.25) is 0 Å². The molecule has 0 nitrogen and oxygen atoms in total. The number of hydrogen-bond acceptors (Lipinski definition) is 0. The highest BCUT2D eigenvalue weighted by molar-refractivity contribution is 5.64. The van der Waals surface area contributed by atoms with E-state index in [4.69, 9.17) is 0 Å². The summed E-state index contributed by atoms with van der Waals surface area (Å²) in [5, 5.41) is 0. The van der Waals surface area contributed by atoms with Crippen molar-refractivity contribution in [2.24, 2.45) is 23.7 Å². The topological polar surface area (TPSA) is 0 Å². The second kappa shape index (κ2) is 5.71. The molecular formula is C26H26. The SMILES string of the molecule is C1=CC2CC1CC2c1ccc(-c2ccc(C3CC4C=CC3C4)cc2)cc1. The van der Waals surface area contributed by atoms with Gasteiger partial charge in [0.1, 0.15) is 0 Å². The summed E-state index contributed by atoms with van der Waals surface area (Å²) in [5.41, 5.74) is 5.78. The van der Waals surface area contributed by atoms with Crippen LogP contribution in [0.3, 0.4) is 0 Å². The Kier molecular flexibility index (Phi) is 3.30. The smallest absolute Gasteiger partial charge is 0.00932 e. The molecular weight excluding hydrogens is 312 g/mol. The Hall–Kier alpha value is -2.08. The third-order valence-electron chi connectivity index (χ3n) is 7.57. The zero-order valence-electron chi connectivity index (χ0n) is 15.2. The third-order valence-corrected chi connectivity index (χ3v) is 7.57. The van der Waals surface area contributed by atoms with Crippen molar-refractivity contribution in [2.75, 3.05) is 0 Å². The minimum absolute atomic E-state index is 0.757. The normalized spacial score (nSPS) is 36.3. The van der Waals surface area contributed by atoms with Crippen molar-refractivity contribution in [3.8, 4) is 11.1 Å². The van der Waals surface area contributed by atoms with Crippen LogP contribution in [-0.4, -0.2) is 0 Å². The molecule has 2 fully saturated rings. The van der Waals surface area contributed by atoms with Gasteiger partial charge in [-0.25, -0.2) is 0 Å². The van der Waals surface area contributed by atoms with Crippen molar-refractivity contribution in [1.29, 1.82) is 0 Å². The van der Waals surface area contributed by atoms with Crippen molar-refractivity contribution >= 4 is 0 Å². The first-order chi connectivity index (χ1) is 12.8. The molecule has 0 heteroatoms. The zero-order valence-corrected chi connectivity index (χ0v) is 15.2. The molecule has 2 aromatic carbocycles. The Labute approximate surface area is 156 Å². The lowest BCUT2D eigenvalue weighted by molar-refractivity contribution is 0.585. The Morgan fingerprint density at radius 1 is 0.462 bits per heavy atom. The van der Waals surface area contributed by atoms with Crippen LogP contribution in [0.4, 0.5) is 0 Å². The molecule has 0 radical (unpaired) electrons. The lowest BCUT2D eigenvalue weighted by Gasteiger charge is -2.19. The van der Waals surface area contributed by atoms with Crippen molar-refractivity contribution in [1.82, 2.24) is 0 Å².